The molecule has 0 amide bonds. The summed E-state index contributed by atoms with van der Waals surface area (Å²) >= 11 is -1.77. The van der Waals surface area contributed by atoms with Crippen molar-refractivity contribution in [2.75, 3.05) is 0 Å². The second-order valence-electron chi connectivity index (χ2n) is 5.25. The fourth-order valence-corrected chi connectivity index (χ4v) is 3.78. The third-order valence-corrected chi connectivity index (χ3v) is 4.52. The van der Waals surface area contributed by atoms with E-state index in [1.165, 1.54) is 0 Å². The Bertz CT molecular complexity index is 514. The second-order valence-corrected chi connectivity index (χ2v) is 6.85. The lowest BCUT2D eigenvalue weighted by Crippen LogP contribution is -2.27. The predicted octanol–water partition coefficient (Wildman–Crippen LogP) is 4.50. The Kier molecular flexibility index (Phi) is 4.75. The molecule has 104 valence electrons. The molecule has 2 rings (SSSR count). The van der Waals surface area contributed by atoms with Crippen LogP contribution in [0.3, 0.4) is 0 Å². The van der Waals surface area contributed by atoms with E-state index in [0.29, 0.717) is 0 Å². The van der Waals surface area contributed by atoms with Crippen molar-refractivity contribution in [3.63, 3.8) is 0 Å². The highest BCUT2D eigenvalue weighted by molar-refractivity contribution is 6.44. The first-order chi connectivity index (χ1) is 9.49. The second kappa shape index (κ2) is 6.35. The van der Waals surface area contributed by atoms with Gasteiger partial charge in [0.2, 0.25) is 0 Å². The summed E-state index contributed by atoms with van der Waals surface area (Å²) in [5, 5.41) is 0. The molecule has 0 N–H and O–H groups in total. The highest BCUT2D eigenvalue weighted by Crippen LogP contribution is 2.26. The van der Waals surface area contributed by atoms with Gasteiger partial charge >= 0.3 is 14.8 Å². The van der Waals surface area contributed by atoms with Crippen LogP contribution in [-0.2, 0) is 0 Å². The van der Waals surface area contributed by atoms with Crippen LogP contribution in [0, 0.1) is 27.7 Å². The minimum absolute atomic E-state index is 0.970. The first-order valence-corrected chi connectivity index (χ1v) is 9.04. The number of hydrogen-bond acceptors (Lipinski definition) is 2. The van der Waals surface area contributed by atoms with Crippen LogP contribution >= 0.6 is 0 Å². The van der Waals surface area contributed by atoms with Crippen LogP contribution in [-0.4, -0.2) is 14.8 Å². The summed E-state index contributed by atoms with van der Waals surface area (Å²) in [6.07, 6.45) is 0. The molecule has 2 nitrogen and oxygen atoms in total. The average Bonchev–Trinajstić information content (AvgIpc) is 2.39. The molecule has 2 aromatic carbocycles. The molecule has 0 spiro atoms. The standard InChI is InChI=1S/2C8H10O.CH3.Al/c2*1-6-4-3-5-7(2)8(6)9;;/h2*3-5,9H,1-2H3;1H3;/q;;;+2/p-2. The molecule has 0 fully saturated rings. The van der Waals surface area contributed by atoms with E-state index in [1.54, 1.807) is 0 Å². The van der Waals surface area contributed by atoms with Gasteiger partial charge in [-0.15, -0.1) is 0 Å². The summed E-state index contributed by atoms with van der Waals surface area (Å²) in [5.74, 6) is 4.01. The summed E-state index contributed by atoms with van der Waals surface area (Å²) < 4.78 is 12.2. The summed E-state index contributed by atoms with van der Waals surface area (Å²) in [4.78, 5) is 0. The first-order valence-electron chi connectivity index (χ1n) is 6.95. The van der Waals surface area contributed by atoms with Crippen molar-refractivity contribution in [2.24, 2.45) is 0 Å². The molecule has 0 aliphatic rings. The van der Waals surface area contributed by atoms with Crippen molar-refractivity contribution in [2.45, 2.75) is 33.5 Å². The Balaban J connectivity index is 2.15. The molecule has 0 aliphatic carbocycles. The summed E-state index contributed by atoms with van der Waals surface area (Å²) in [7, 11) is 0. The van der Waals surface area contributed by atoms with E-state index in [4.69, 9.17) is 7.58 Å². The predicted molar refractivity (Wildman–Crippen MR) is 84.7 cm³/mol. The minimum Gasteiger partial charge on any atom is -0.612 e. The molecular formula is C17H21AlO2. The van der Waals surface area contributed by atoms with E-state index < -0.39 is 14.8 Å². The Morgan fingerprint density at radius 3 is 1.25 bits per heavy atom. The molecule has 0 heterocycles. The van der Waals surface area contributed by atoms with E-state index in [2.05, 4.69) is 69.9 Å². The molecule has 0 saturated carbocycles. The monoisotopic (exact) mass is 284 g/mol. The van der Waals surface area contributed by atoms with Crippen LogP contribution in [0.1, 0.15) is 22.3 Å². The van der Waals surface area contributed by atoms with Crippen LogP contribution in [0.25, 0.3) is 0 Å². The van der Waals surface area contributed by atoms with Gasteiger partial charge in [-0.2, -0.15) is 0 Å². The third kappa shape index (κ3) is 3.36. The lowest BCUT2D eigenvalue weighted by Gasteiger charge is -2.19. The van der Waals surface area contributed by atoms with Crippen LogP contribution < -0.4 is 7.58 Å². The van der Waals surface area contributed by atoms with E-state index in [-0.39, 0.29) is 0 Å². The SMILES string of the molecule is Cc1cccc(C)c1[O][Al]([CH3])[O]c1c(C)cccc1C. The summed E-state index contributed by atoms with van der Waals surface area (Å²) in [5.41, 5.74) is 4.65. The molecule has 0 unspecified atom stereocenters. The molecule has 0 atom stereocenters. The Morgan fingerprint density at radius 2 is 0.950 bits per heavy atom. The van der Waals surface area contributed by atoms with Crippen molar-refractivity contribution >= 4 is 14.8 Å². The van der Waals surface area contributed by atoms with E-state index in [0.717, 1.165) is 33.8 Å². The first kappa shape index (κ1) is 15.0. The van der Waals surface area contributed by atoms with Crippen molar-refractivity contribution in [1.29, 1.82) is 0 Å². The molecule has 0 radical (unpaired) electrons. The maximum atomic E-state index is 6.11. The number of benzene rings is 2. The molecule has 0 bridgehead atoms. The van der Waals surface area contributed by atoms with Gasteiger partial charge in [0.15, 0.2) is 0 Å². The zero-order valence-corrected chi connectivity index (χ0v) is 14.0. The number of hydrogen-bond donors (Lipinski definition) is 0. The fourth-order valence-electron chi connectivity index (χ4n) is 2.33. The zero-order chi connectivity index (χ0) is 14.7. The molecular weight excluding hydrogens is 263 g/mol. The smallest absolute Gasteiger partial charge is 0.612 e. The maximum Gasteiger partial charge on any atom is 0.853 e. The number of para-hydroxylation sites is 2. The highest BCUT2D eigenvalue weighted by Gasteiger charge is 2.27. The van der Waals surface area contributed by atoms with E-state index >= 15 is 0 Å². The normalized spacial score (nSPS) is 10.2. The minimum atomic E-state index is -1.77. The fraction of sp³-hybridized carbons (Fsp3) is 0.294. The van der Waals surface area contributed by atoms with Gasteiger partial charge in [0.1, 0.15) is 0 Å². The van der Waals surface area contributed by atoms with Crippen molar-refractivity contribution in [3.05, 3.63) is 58.7 Å². The Hall–Kier alpha value is -1.43. The van der Waals surface area contributed by atoms with Gasteiger partial charge in [-0.05, 0) is 55.7 Å². The summed E-state index contributed by atoms with van der Waals surface area (Å²) in [6.45, 7) is 8.29. The summed E-state index contributed by atoms with van der Waals surface area (Å²) in [6, 6.07) is 12.4. The van der Waals surface area contributed by atoms with Gasteiger partial charge in [-0.3, -0.25) is 0 Å². The van der Waals surface area contributed by atoms with Gasteiger partial charge in [-0.25, -0.2) is 0 Å². The van der Waals surface area contributed by atoms with Crippen molar-refractivity contribution in [1.82, 2.24) is 0 Å². The molecule has 3 heteroatoms. The zero-order valence-electron chi connectivity index (χ0n) is 12.9. The average molecular weight is 284 g/mol. The van der Waals surface area contributed by atoms with Crippen LogP contribution in [0.2, 0.25) is 5.79 Å². The van der Waals surface area contributed by atoms with Gasteiger partial charge in [0.05, 0.1) is 11.5 Å². The van der Waals surface area contributed by atoms with Gasteiger partial charge in [0.25, 0.3) is 0 Å². The van der Waals surface area contributed by atoms with E-state index in [9.17, 15) is 0 Å². The van der Waals surface area contributed by atoms with Crippen molar-refractivity contribution in [3.8, 4) is 11.5 Å². The van der Waals surface area contributed by atoms with Crippen LogP contribution in [0.4, 0.5) is 0 Å². The lowest BCUT2D eigenvalue weighted by molar-refractivity contribution is 0.424. The quantitative estimate of drug-likeness (QED) is 0.770. The Morgan fingerprint density at radius 1 is 0.650 bits per heavy atom. The molecule has 0 aromatic heterocycles. The van der Waals surface area contributed by atoms with Gasteiger partial charge < -0.3 is 7.58 Å². The van der Waals surface area contributed by atoms with Crippen LogP contribution in [0.15, 0.2) is 36.4 Å². The van der Waals surface area contributed by atoms with E-state index in [1.807, 2.05) is 0 Å². The van der Waals surface area contributed by atoms with Crippen LogP contribution in [0.5, 0.6) is 11.5 Å². The maximum absolute atomic E-state index is 6.11. The molecule has 2 aromatic rings. The topological polar surface area (TPSA) is 18.5 Å². The largest absolute Gasteiger partial charge is 0.853 e. The van der Waals surface area contributed by atoms with Gasteiger partial charge in [-0.1, -0.05) is 36.4 Å². The van der Waals surface area contributed by atoms with Gasteiger partial charge in [0, 0.05) is 0 Å². The van der Waals surface area contributed by atoms with Crippen molar-refractivity contribution < 1.29 is 7.58 Å². The number of aryl methyl sites for hydroxylation is 4. The number of rotatable bonds is 4. The highest BCUT2D eigenvalue weighted by atomic mass is 27.2. The lowest BCUT2D eigenvalue weighted by atomic mass is 10.1. The molecule has 20 heavy (non-hydrogen) atoms. The molecule has 0 aliphatic heterocycles. The molecule has 0 saturated heterocycles. The Labute approximate surface area is 126 Å². The third-order valence-electron chi connectivity index (χ3n) is 3.39.